The van der Waals surface area contributed by atoms with Crippen LogP contribution in [0.4, 0.5) is 5.69 Å². The van der Waals surface area contributed by atoms with Gasteiger partial charge < -0.3 is 24.6 Å². The topological polar surface area (TPSA) is 92.9 Å². The number of aromatic carboxylic acids is 2. The third-order valence-electron chi connectivity index (χ3n) is 5.90. The van der Waals surface area contributed by atoms with Crippen molar-refractivity contribution >= 4 is 23.3 Å². The second kappa shape index (κ2) is 8.00. The van der Waals surface area contributed by atoms with Crippen molar-refractivity contribution in [2.45, 2.75) is 5.92 Å². The minimum Gasteiger partial charge on any atom is -0.545 e. The predicted octanol–water partition coefficient (Wildman–Crippen LogP) is 2.12. The molecule has 1 aliphatic carbocycles. The van der Waals surface area contributed by atoms with E-state index in [-0.39, 0.29) is 23.0 Å². The van der Waals surface area contributed by atoms with Crippen LogP contribution in [-0.2, 0) is 0 Å². The van der Waals surface area contributed by atoms with Gasteiger partial charge in [-0.1, -0.05) is 24.3 Å². The van der Waals surface area contributed by atoms with Crippen LogP contribution in [0.1, 0.15) is 37.8 Å². The van der Waals surface area contributed by atoms with E-state index in [1.54, 1.807) is 6.07 Å². The van der Waals surface area contributed by atoms with Crippen molar-refractivity contribution in [3.05, 3.63) is 82.6 Å². The Morgan fingerprint density at radius 1 is 1.09 bits per heavy atom. The van der Waals surface area contributed by atoms with E-state index in [9.17, 15) is 19.8 Å². The maximum Gasteiger partial charge on any atom is 0.336 e. The second-order valence-electron chi connectivity index (χ2n) is 8.34. The summed E-state index contributed by atoms with van der Waals surface area (Å²) in [6.45, 7) is 0. The van der Waals surface area contributed by atoms with Crippen molar-refractivity contribution in [1.29, 1.82) is 0 Å². The molecule has 0 spiro atoms. The molecule has 7 nitrogen and oxygen atoms in total. The summed E-state index contributed by atoms with van der Waals surface area (Å²) in [4.78, 5) is 25.4. The summed E-state index contributed by atoms with van der Waals surface area (Å²) in [7, 11) is 7.76. The van der Waals surface area contributed by atoms with Crippen molar-refractivity contribution in [1.82, 2.24) is 0 Å². The molecule has 1 aliphatic heterocycles. The summed E-state index contributed by atoms with van der Waals surface area (Å²) in [5.41, 5.74) is 3.07. The number of carbonyl (C=O) groups excluding carboxylic acids is 1. The summed E-state index contributed by atoms with van der Waals surface area (Å²) in [5, 5.41) is 21.2. The van der Waals surface area contributed by atoms with Gasteiger partial charge in [0.05, 0.1) is 11.5 Å². The van der Waals surface area contributed by atoms with Gasteiger partial charge in [0.25, 0.3) is 0 Å². The van der Waals surface area contributed by atoms with E-state index in [1.165, 1.54) is 12.1 Å². The molecular formula is C25H24N2O5. The highest BCUT2D eigenvalue weighted by molar-refractivity contribution is 6.02. The van der Waals surface area contributed by atoms with Crippen molar-refractivity contribution in [3.8, 4) is 5.75 Å². The summed E-state index contributed by atoms with van der Waals surface area (Å²) in [5.74, 6) is -1.83. The minimum absolute atomic E-state index is 0.0589. The third kappa shape index (κ3) is 3.66. The molecule has 2 aromatic rings. The Bertz CT molecular complexity index is 1220. The molecule has 0 fully saturated rings. The highest BCUT2D eigenvalue weighted by Crippen LogP contribution is 2.49. The highest BCUT2D eigenvalue weighted by Gasteiger charge is 2.38. The minimum atomic E-state index is -1.41. The van der Waals surface area contributed by atoms with E-state index in [0.717, 1.165) is 17.0 Å². The molecule has 2 aliphatic rings. The summed E-state index contributed by atoms with van der Waals surface area (Å²) >= 11 is 0. The average molecular weight is 432 g/mol. The number of ether oxygens (including phenoxy) is 1. The van der Waals surface area contributed by atoms with Gasteiger partial charge >= 0.3 is 5.97 Å². The van der Waals surface area contributed by atoms with Gasteiger partial charge in [-0.3, -0.25) is 0 Å². The zero-order valence-electron chi connectivity index (χ0n) is 18.3. The SMILES string of the molecule is CN(C)c1ccc2c(c1)OC1=CC(=[N+](C)C)C=CC1C2c1ccc(C(=O)[O-])cc1C(=O)O. The number of nitrogens with zero attached hydrogens (tertiary/aromatic N) is 2. The molecule has 2 unspecified atom stereocenters. The first-order valence-corrected chi connectivity index (χ1v) is 10.2. The first kappa shape index (κ1) is 21.4. The van der Waals surface area contributed by atoms with Gasteiger partial charge in [0.1, 0.15) is 25.6 Å². The van der Waals surface area contributed by atoms with Crippen LogP contribution in [0, 0.1) is 5.92 Å². The maximum absolute atomic E-state index is 12.1. The van der Waals surface area contributed by atoms with Crippen LogP contribution < -0.4 is 14.7 Å². The van der Waals surface area contributed by atoms with Crippen LogP contribution in [0.3, 0.4) is 0 Å². The van der Waals surface area contributed by atoms with E-state index in [1.807, 2.05) is 74.1 Å². The summed E-state index contributed by atoms with van der Waals surface area (Å²) < 4.78 is 8.28. The Balaban J connectivity index is 1.96. The lowest BCUT2D eigenvalue weighted by atomic mass is 9.74. The van der Waals surface area contributed by atoms with E-state index in [0.29, 0.717) is 17.1 Å². The Labute approximate surface area is 186 Å². The fourth-order valence-electron chi connectivity index (χ4n) is 4.21. The molecule has 32 heavy (non-hydrogen) atoms. The number of carbonyl (C=O) groups is 2. The zero-order chi connectivity index (χ0) is 23.2. The van der Waals surface area contributed by atoms with Crippen LogP contribution in [0.15, 0.2) is 60.4 Å². The number of hydrogen-bond acceptors (Lipinski definition) is 5. The lowest BCUT2D eigenvalue weighted by Gasteiger charge is -2.36. The summed E-state index contributed by atoms with van der Waals surface area (Å²) in [6, 6.07) is 9.98. The monoisotopic (exact) mass is 432 g/mol. The molecule has 0 amide bonds. The Hall–Kier alpha value is -3.87. The zero-order valence-corrected chi connectivity index (χ0v) is 18.3. The quantitative estimate of drug-likeness (QED) is 0.744. The Morgan fingerprint density at radius 3 is 2.44 bits per heavy atom. The highest BCUT2D eigenvalue weighted by atomic mass is 16.5. The molecule has 164 valence electrons. The molecule has 0 bridgehead atoms. The molecule has 4 rings (SSSR count). The van der Waals surface area contributed by atoms with Gasteiger partial charge in [0.2, 0.25) is 5.71 Å². The van der Waals surface area contributed by atoms with Gasteiger partial charge in [0, 0.05) is 55.4 Å². The largest absolute Gasteiger partial charge is 0.545 e. The van der Waals surface area contributed by atoms with E-state index < -0.39 is 11.9 Å². The summed E-state index contributed by atoms with van der Waals surface area (Å²) in [6.07, 6.45) is 5.95. The molecule has 1 N–H and O–H groups in total. The average Bonchev–Trinajstić information content (AvgIpc) is 2.75. The molecule has 7 heteroatoms. The van der Waals surface area contributed by atoms with Crippen LogP contribution in [0.25, 0.3) is 0 Å². The van der Waals surface area contributed by atoms with E-state index >= 15 is 0 Å². The van der Waals surface area contributed by atoms with Crippen LogP contribution in [-0.4, -0.2) is 55.5 Å². The Morgan fingerprint density at radius 2 is 1.81 bits per heavy atom. The number of allylic oxidation sites excluding steroid dienone is 3. The third-order valence-corrected chi connectivity index (χ3v) is 5.90. The molecular weight excluding hydrogens is 408 g/mol. The maximum atomic E-state index is 12.1. The fraction of sp³-hybridized carbons (Fsp3) is 0.240. The molecule has 2 atom stereocenters. The van der Waals surface area contributed by atoms with E-state index in [2.05, 4.69) is 0 Å². The molecule has 0 saturated heterocycles. The number of rotatable bonds is 4. The van der Waals surface area contributed by atoms with Gasteiger partial charge in [-0.15, -0.1) is 0 Å². The van der Waals surface area contributed by atoms with Crippen molar-refractivity contribution < 1.29 is 29.1 Å². The lowest BCUT2D eigenvalue weighted by molar-refractivity contribution is -0.462. The van der Waals surface area contributed by atoms with Crippen molar-refractivity contribution in [3.63, 3.8) is 0 Å². The second-order valence-corrected chi connectivity index (χ2v) is 8.34. The van der Waals surface area contributed by atoms with Gasteiger partial charge in [-0.25, -0.2) is 9.37 Å². The van der Waals surface area contributed by atoms with Crippen LogP contribution >= 0.6 is 0 Å². The number of carboxylic acid groups (broad SMARTS) is 2. The fourth-order valence-corrected chi connectivity index (χ4v) is 4.21. The van der Waals surface area contributed by atoms with Gasteiger partial charge in [0.15, 0.2) is 0 Å². The lowest BCUT2D eigenvalue weighted by Crippen LogP contribution is -2.29. The molecule has 0 aromatic heterocycles. The van der Waals surface area contributed by atoms with Crippen LogP contribution in [0.2, 0.25) is 0 Å². The first-order chi connectivity index (χ1) is 15.2. The van der Waals surface area contributed by atoms with Gasteiger partial charge in [-0.05, 0) is 23.3 Å². The van der Waals surface area contributed by atoms with Gasteiger partial charge in [-0.2, -0.15) is 0 Å². The standard InChI is InChI=1S/C25H24N2O5/c1-26(2)15-6-9-18-21(12-15)32-22-13-16(27(3)4)7-10-19(22)23(18)17-8-5-14(24(28)29)11-20(17)25(30)31/h5-13,18,23H,1-4H3,(H-,28,29,30,31). The molecule has 1 heterocycles. The number of hydrogen-bond donors (Lipinski definition) is 1. The normalized spacial score (nSPS) is 18.8. The number of fused-ring (bicyclic) bond motifs is 2. The molecule has 0 radical (unpaired) electrons. The van der Waals surface area contributed by atoms with E-state index in [4.69, 9.17) is 4.74 Å². The number of carboxylic acids is 2. The molecule has 0 saturated carbocycles. The smallest absolute Gasteiger partial charge is 0.336 e. The predicted molar refractivity (Wildman–Crippen MR) is 119 cm³/mol. The van der Waals surface area contributed by atoms with Crippen molar-refractivity contribution in [2.24, 2.45) is 5.92 Å². The Kier molecular flexibility index (Phi) is 5.34. The van der Waals surface area contributed by atoms with Crippen molar-refractivity contribution in [2.75, 3.05) is 33.1 Å². The molecule has 2 aromatic carbocycles. The first-order valence-electron chi connectivity index (χ1n) is 10.2. The number of benzene rings is 2. The number of anilines is 1. The van der Waals surface area contributed by atoms with Crippen LogP contribution in [0.5, 0.6) is 5.75 Å².